The molecule has 2 atom stereocenters. The zero-order valence-electron chi connectivity index (χ0n) is 12.1. The van der Waals surface area contributed by atoms with Gasteiger partial charge in [0.05, 0.1) is 17.7 Å². The number of hydrogen-bond donors (Lipinski definition) is 3. The van der Waals surface area contributed by atoms with Crippen molar-refractivity contribution in [1.29, 1.82) is 0 Å². The van der Waals surface area contributed by atoms with Crippen molar-refractivity contribution in [2.75, 3.05) is 5.32 Å². The molecule has 1 unspecified atom stereocenters. The molecule has 21 heavy (non-hydrogen) atoms. The van der Waals surface area contributed by atoms with Crippen LogP contribution >= 0.6 is 0 Å². The smallest absolute Gasteiger partial charge is 0.254 e. The summed E-state index contributed by atoms with van der Waals surface area (Å²) in [6.07, 6.45) is 0.732. The van der Waals surface area contributed by atoms with Gasteiger partial charge in [0, 0.05) is 6.04 Å². The maximum Gasteiger partial charge on any atom is 0.254 e. The second kappa shape index (κ2) is 6.39. The summed E-state index contributed by atoms with van der Waals surface area (Å²) in [5, 5.41) is 8.05. The summed E-state index contributed by atoms with van der Waals surface area (Å²) >= 11 is 0. The fourth-order valence-corrected chi connectivity index (χ4v) is 2.08. The Morgan fingerprint density at radius 1 is 1.33 bits per heavy atom. The molecule has 0 spiro atoms. The van der Waals surface area contributed by atoms with Gasteiger partial charge in [-0.3, -0.25) is 14.4 Å². The van der Waals surface area contributed by atoms with Crippen LogP contribution in [0.2, 0.25) is 0 Å². The van der Waals surface area contributed by atoms with Gasteiger partial charge in [-0.25, -0.2) is 0 Å². The predicted molar refractivity (Wildman–Crippen MR) is 78.8 cm³/mol. The highest BCUT2D eigenvalue weighted by Crippen LogP contribution is 2.18. The van der Waals surface area contributed by atoms with Crippen molar-refractivity contribution >= 4 is 23.4 Å². The van der Waals surface area contributed by atoms with Crippen molar-refractivity contribution in [2.45, 2.75) is 38.8 Å². The third-order valence-corrected chi connectivity index (χ3v) is 3.46. The predicted octanol–water partition coefficient (Wildman–Crippen LogP) is 1.04. The van der Waals surface area contributed by atoms with E-state index in [0.29, 0.717) is 11.3 Å². The van der Waals surface area contributed by atoms with E-state index in [1.54, 1.807) is 24.3 Å². The Hall–Kier alpha value is -2.37. The lowest BCUT2D eigenvalue weighted by molar-refractivity contribution is -0.126. The van der Waals surface area contributed by atoms with E-state index in [0.717, 1.165) is 6.42 Å². The minimum Gasteiger partial charge on any atom is -0.354 e. The number of para-hydroxylation sites is 1. The maximum atomic E-state index is 12.1. The molecule has 0 saturated carbocycles. The van der Waals surface area contributed by atoms with Gasteiger partial charge in [-0.2, -0.15) is 0 Å². The topological polar surface area (TPSA) is 87.3 Å². The Labute approximate surface area is 123 Å². The van der Waals surface area contributed by atoms with Crippen molar-refractivity contribution < 1.29 is 14.4 Å². The average molecular weight is 289 g/mol. The molecule has 1 aliphatic heterocycles. The fraction of sp³-hybridized carbons (Fsp3) is 0.400. The molecular formula is C15H19N3O3. The highest BCUT2D eigenvalue weighted by molar-refractivity contribution is 6.10. The molecule has 1 heterocycles. The SMILES string of the molecule is CCC(C)NC(=O)C[C@@H]1NC(=O)c2ccccc2NC1=O. The Balaban J connectivity index is 2.08. The van der Waals surface area contributed by atoms with E-state index >= 15 is 0 Å². The van der Waals surface area contributed by atoms with Crippen LogP contribution in [0, 0.1) is 0 Å². The van der Waals surface area contributed by atoms with E-state index in [-0.39, 0.29) is 30.2 Å². The van der Waals surface area contributed by atoms with Crippen LogP contribution in [-0.4, -0.2) is 29.8 Å². The quantitative estimate of drug-likeness (QED) is 0.774. The number of hydrogen-bond acceptors (Lipinski definition) is 3. The first-order chi connectivity index (χ1) is 10.0. The van der Waals surface area contributed by atoms with Crippen LogP contribution in [0.4, 0.5) is 5.69 Å². The first-order valence-corrected chi connectivity index (χ1v) is 7.01. The summed E-state index contributed by atoms with van der Waals surface area (Å²) in [4.78, 5) is 36.1. The standard InChI is InChI=1S/C15H19N3O3/c1-3-9(2)16-13(19)8-12-15(21)17-11-7-5-4-6-10(11)14(20)18-12/h4-7,9,12H,3,8H2,1-2H3,(H,16,19)(H,17,21)(H,18,20)/t9?,12-/m0/s1. The number of benzene rings is 1. The van der Waals surface area contributed by atoms with Gasteiger partial charge in [-0.05, 0) is 25.5 Å². The minimum atomic E-state index is -0.867. The van der Waals surface area contributed by atoms with Crippen molar-refractivity contribution in [3.63, 3.8) is 0 Å². The second-order valence-electron chi connectivity index (χ2n) is 5.14. The molecule has 6 nitrogen and oxygen atoms in total. The first-order valence-electron chi connectivity index (χ1n) is 7.01. The van der Waals surface area contributed by atoms with Crippen LogP contribution in [0.3, 0.4) is 0 Å². The number of carbonyl (C=O) groups excluding carboxylic acids is 3. The Kier molecular flexibility index (Phi) is 4.57. The van der Waals surface area contributed by atoms with Crippen LogP contribution < -0.4 is 16.0 Å². The molecule has 0 radical (unpaired) electrons. The number of fused-ring (bicyclic) bond motifs is 1. The number of carbonyl (C=O) groups is 3. The summed E-state index contributed by atoms with van der Waals surface area (Å²) in [6, 6.07) is 5.93. The van der Waals surface area contributed by atoms with Crippen molar-refractivity contribution in [3.05, 3.63) is 29.8 Å². The molecule has 1 aliphatic rings. The fourth-order valence-electron chi connectivity index (χ4n) is 2.08. The van der Waals surface area contributed by atoms with Crippen LogP contribution in [-0.2, 0) is 9.59 Å². The van der Waals surface area contributed by atoms with Crippen LogP contribution in [0.5, 0.6) is 0 Å². The first kappa shape index (κ1) is 15.0. The number of amides is 3. The molecule has 3 amide bonds. The van der Waals surface area contributed by atoms with Gasteiger partial charge < -0.3 is 16.0 Å². The third kappa shape index (κ3) is 3.59. The zero-order chi connectivity index (χ0) is 15.4. The van der Waals surface area contributed by atoms with Crippen molar-refractivity contribution in [2.24, 2.45) is 0 Å². The van der Waals surface area contributed by atoms with Crippen LogP contribution in [0.1, 0.15) is 37.0 Å². The van der Waals surface area contributed by atoms with E-state index in [1.807, 2.05) is 13.8 Å². The van der Waals surface area contributed by atoms with E-state index in [2.05, 4.69) is 16.0 Å². The van der Waals surface area contributed by atoms with Gasteiger partial charge in [-0.1, -0.05) is 19.1 Å². The van der Waals surface area contributed by atoms with Gasteiger partial charge in [0.1, 0.15) is 6.04 Å². The van der Waals surface area contributed by atoms with E-state index in [9.17, 15) is 14.4 Å². The molecule has 0 bridgehead atoms. The van der Waals surface area contributed by atoms with Gasteiger partial charge >= 0.3 is 0 Å². The molecule has 1 aromatic carbocycles. The van der Waals surface area contributed by atoms with Gasteiger partial charge in [-0.15, -0.1) is 0 Å². The molecule has 3 N–H and O–H groups in total. The van der Waals surface area contributed by atoms with E-state index in [4.69, 9.17) is 0 Å². The second-order valence-corrected chi connectivity index (χ2v) is 5.14. The summed E-state index contributed by atoms with van der Waals surface area (Å²) < 4.78 is 0. The summed E-state index contributed by atoms with van der Waals surface area (Å²) in [5.41, 5.74) is 0.862. The zero-order valence-corrected chi connectivity index (χ0v) is 12.1. The molecule has 0 aliphatic carbocycles. The van der Waals surface area contributed by atoms with Gasteiger partial charge in [0.15, 0.2) is 0 Å². The third-order valence-electron chi connectivity index (χ3n) is 3.46. The number of anilines is 1. The monoisotopic (exact) mass is 289 g/mol. The lowest BCUT2D eigenvalue weighted by Crippen LogP contribution is -2.45. The molecular weight excluding hydrogens is 270 g/mol. The highest BCUT2D eigenvalue weighted by Gasteiger charge is 2.29. The minimum absolute atomic E-state index is 0.0410. The van der Waals surface area contributed by atoms with Crippen molar-refractivity contribution in [1.82, 2.24) is 10.6 Å². The summed E-state index contributed by atoms with van der Waals surface area (Å²) in [5.74, 6) is -0.992. The van der Waals surface area contributed by atoms with Gasteiger partial charge in [0.25, 0.3) is 5.91 Å². The lowest BCUT2D eigenvalue weighted by atomic mass is 10.1. The Morgan fingerprint density at radius 2 is 2.05 bits per heavy atom. The van der Waals surface area contributed by atoms with E-state index < -0.39 is 6.04 Å². The highest BCUT2D eigenvalue weighted by atomic mass is 16.2. The molecule has 6 heteroatoms. The molecule has 0 saturated heterocycles. The largest absolute Gasteiger partial charge is 0.354 e. The Morgan fingerprint density at radius 3 is 2.76 bits per heavy atom. The lowest BCUT2D eigenvalue weighted by Gasteiger charge is -2.16. The number of rotatable bonds is 4. The average Bonchev–Trinajstić information content (AvgIpc) is 2.57. The molecule has 0 aromatic heterocycles. The van der Waals surface area contributed by atoms with Crippen LogP contribution in [0.15, 0.2) is 24.3 Å². The van der Waals surface area contributed by atoms with Crippen molar-refractivity contribution in [3.8, 4) is 0 Å². The molecule has 112 valence electrons. The van der Waals surface area contributed by atoms with Crippen LogP contribution in [0.25, 0.3) is 0 Å². The normalized spacial score (nSPS) is 18.9. The molecule has 1 aromatic rings. The molecule has 2 rings (SSSR count). The van der Waals surface area contributed by atoms with E-state index in [1.165, 1.54) is 0 Å². The summed E-state index contributed by atoms with van der Waals surface area (Å²) in [6.45, 7) is 3.85. The number of nitrogens with one attached hydrogen (secondary N) is 3. The molecule has 0 fully saturated rings. The summed E-state index contributed by atoms with van der Waals surface area (Å²) in [7, 11) is 0. The Bertz CT molecular complexity index is 571. The van der Waals surface area contributed by atoms with Gasteiger partial charge in [0.2, 0.25) is 11.8 Å². The maximum absolute atomic E-state index is 12.1.